The predicted molar refractivity (Wildman–Crippen MR) is 53.7 cm³/mol. The van der Waals surface area contributed by atoms with Gasteiger partial charge in [0.15, 0.2) is 0 Å². The minimum absolute atomic E-state index is 0.470. The van der Waals surface area contributed by atoms with Crippen LogP contribution < -0.4 is 10.5 Å². The average molecular weight is 180 g/mol. The molecule has 1 aromatic rings. The molecule has 1 aromatic carbocycles. The first kappa shape index (κ1) is 10.1. The van der Waals surface area contributed by atoms with Crippen molar-refractivity contribution in [2.75, 3.05) is 6.61 Å². The maximum absolute atomic E-state index is 5.35. The van der Waals surface area contributed by atoms with E-state index < -0.39 is 0 Å². The van der Waals surface area contributed by atoms with E-state index in [1.165, 1.54) is 5.56 Å². The van der Waals surface area contributed by atoms with Crippen LogP contribution in [0.15, 0.2) is 24.3 Å². The zero-order valence-corrected chi connectivity index (χ0v) is 8.42. The standard InChI is InChI=1S/C11H17NO/c1-3-13-11-6-4-10(5-7-11)8-9(2)12/h4-7,9H,3,8,12H2,1-2H3/p+1/t9-/m1/s1. The molecule has 13 heavy (non-hydrogen) atoms. The summed E-state index contributed by atoms with van der Waals surface area (Å²) in [6, 6.07) is 8.71. The van der Waals surface area contributed by atoms with Crippen molar-refractivity contribution in [2.45, 2.75) is 26.3 Å². The molecule has 0 saturated carbocycles. The van der Waals surface area contributed by atoms with Crippen molar-refractivity contribution in [3.05, 3.63) is 29.8 Å². The first-order valence-electron chi connectivity index (χ1n) is 4.77. The summed E-state index contributed by atoms with van der Waals surface area (Å²) in [5.41, 5.74) is 5.29. The highest BCUT2D eigenvalue weighted by atomic mass is 16.5. The van der Waals surface area contributed by atoms with E-state index in [1.54, 1.807) is 0 Å². The summed E-state index contributed by atoms with van der Waals surface area (Å²) in [7, 11) is 0. The maximum Gasteiger partial charge on any atom is 0.119 e. The van der Waals surface area contributed by atoms with E-state index in [0.717, 1.165) is 18.8 Å². The minimum Gasteiger partial charge on any atom is -0.494 e. The van der Waals surface area contributed by atoms with Crippen molar-refractivity contribution in [1.29, 1.82) is 0 Å². The molecule has 0 heterocycles. The summed E-state index contributed by atoms with van der Waals surface area (Å²) in [5, 5.41) is 0. The quantitative estimate of drug-likeness (QED) is 0.744. The lowest BCUT2D eigenvalue weighted by Crippen LogP contribution is -2.60. The van der Waals surface area contributed by atoms with Crippen LogP contribution in [0.2, 0.25) is 0 Å². The molecule has 0 aliphatic rings. The second-order valence-corrected chi connectivity index (χ2v) is 3.39. The third-order valence-electron chi connectivity index (χ3n) is 1.82. The maximum atomic E-state index is 5.35. The fourth-order valence-electron chi connectivity index (χ4n) is 1.29. The molecule has 0 spiro atoms. The number of quaternary nitrogens is 1. The smallest absolute Gasteiger partial charge is 0.119 e. The van der Waals surface area contributed by atoms with Gasteiger partial charge in [0.05, 0.1) is 12.6 Å². The Kier molecular flexibility index (Phi) is 3.77. The normalized spacial score (nSPS) is 12.5. The van der Waals surface area contributed by atoms with Gasteiger partial charge in [-0.3, -0.25) is 0 Å². The highest BCUT2D eigenvalue weighted by Gasteiger charge is 2.00. The van der Waals surface area contributed by atoms with Gasteiger partial charge in [-0.2, -0.15) is 0 Å². The summed E-state index contributed by atoms with van der Waals surface area (Å²) < 4.78 is 5.35. The lowest BCUT2D eigenvalue weighted by molar-refractivity contribution is -0.413. The van der Waals surface area contributed by atoms with Crippen molar-refractivity contribution in [1.82, 2.24) is 0 Å². The van der Waals surface area contributed by atoms with Gasteiger partial charge in [0.1, 0.15) is 5.75 Å². The number of hydrogen-bond donors (Lipinski definition) is 1. The van der Waals surface area contributed by atoms with Crippen LogP contribution in [-0.2, 0) is 6.42 Å². The number of ether oxygens (including phenoxy) is 1. The van der Waals surface area contributed by atoms with Gasteiger partial charge < -0.3 is 10.5 Å². The van der Waals surface area contributed by atoms with E-state index >= 15 is 0 Å². The largest absolute Gasteiger partial charge is 0.494 e. The molecule has 1 rings (SSSR count). The molecular weight excluding hydrogens is 162 g/mol. The summed E-state index contributed by atoms with van der Waals surface area (Å²) in [5.74, 6) is 0.947. The van der Waals surface area contributed by atoms with Crippen LogP contribution in [0.3, 0.4) is 0 Å². The molecule has 3 N–H and O–H groups in total. The third kappa shape index (κ3) is 3.47. The van der Waals surface area contributed by atoms with E-state index in [4.69, 9.17) is 4.74 Å². The third-order valence-corrected chi connectivity index (χ3v) is 1.82. The Labute approximate surface area is 79.7 Å². The molecule has 0 saturated heterocycles. The summed E-state index contributed by atoms with van der Waals surface area (Å²) in [6.45, 7) is 4.84. The van der Waals surface area contributed by atoms with Crippen LogP contribution >= 0.6 is 0 Å². The highest BCUT2D eigenvalue weighted by molar-refractivity contribution is 5.27. The summed E-state index contributed by atoms with van der Waals surface area (Å²) in [4.78, 5) is 0. The van der Waals surface area contributed by atoms with Crippen molar-refractivity contribution in [3.63, 3.8) is 0 Å². The average Bonchev–Trinajstić information content (AvgIpc) is 2.08. The molecule has 0 bridgehead atoms. The Bertz CT molecular complexity index is 241. The van der Waals surface area contributed by atoms with Crippen LogP contribution in [0.1, 0.15) is 19.4 Å². The van der Waals surface area contributed by atoms with E-state index in [0.29, 0.717) is 6.04 Å². The van der Waals surface area contributed by atoms with E-state index in [1.807, 2.05) is 19.1 Å². The van der Waals surface area contributed by atoms with Crippen molar-refractivity contribution >= 4 is 0 Å². The second-order valence-electron chi connectivity index (χ2n) is 3.39. The molecular formula is C11H18NO+. The number of rotatable bonds is 4. The Balaban J connectivity index is 2.59. The lowest BCUT2D eigenvalue weighted by atomic mass is 10.1. The van der Waals surface area contributed by atoms with Crippen molar-refractivity contribution in [2.24, 2.45) is 0 Å². The Morgan fingerprint density at radius 1 is 1.31 bits per heavy atom. The molecule has 2 heteroatoms. The van der Waals surface area contributed by atoms with Gasteiger partial charge in [-0.15, -0.1) is 0 Å². The molecule has 0 fully saturated rings. The SMILES string of the molecule is CCOc1ccc(C[C@@H](C)[NH3+])cc1. The Hall–Kier alpha value is -1.02. The van der Waals surface area contributed by atoms with E-state index in [-0.39, 0.29) is 0 Å². The predicted octanol–water partition coefficient (Wildman–Crippen LogP) is 1.26. The van der Waals surface area contributed by atoms with Gasteiger partial charge in [-0.05, 0) is 31.5 Å². The zero-order chi connectivity index (χ0) is 9.68. The molecule has 0 aromatic heterocycles. The van der Waals surface area contributed by atoms with Crippen LogP contribution in [0, 0.1) is 0 Å². The topological polar surface area (TPSA) is 36.9 Å². The zero-order valence-electron chi connectivity index (χ0n) is 8.42. The second kappa shape index (κ2) is 4.87. The van der Waals surface area contributed by atoms with E-state index in [2.05, 4.69) is 24.8 Å². The molecule has 0 amide bonds. The number of benzene rings is 1. The fraction of sp³-hybridized carbons (Fsp3) is 0.455. The van der Waals surface area contributed by atoms with Crippen LogP contribution in [0.4, 0.5) is 0 Å². The first-order valence-corrected chi connectivity index (χ1v) is 4.77. The molecule has 0 aliphatic carbocycles. The molecule has 1 atom stereocenters. The van der Waals surface area contributed by atoms with Gasteiger partial charge in [0.25, 0.3) is 0 Å². The molecule has 0 radical (unpaired) electrons. The monoisotopic (exact) mass is 180 g/mol. The van der Waals surface area contributed by atoms with Crippen molar-refractivity contribution in [3.8, 4) is 5.75 Å². The highest BCUT2D eigenvalue weighted by Crippen LogP contribution is 2.12. The van der Waals surface area contributed by atoms with Gasteiger partial charge >= 0.3 is 0 Å². The van der Waals surface area contributed by atoms with Crippen molar-refractivity contribution < 1.29 is 10.5 Å². The van der Waals surface area contributed by atoms with Gasteiger partial charge in [0.2, 0.25) is 0 Å². The summed E-state index contributed by atoms with van der Waals surface area (Å²) >= 11 is 0. The van der Waals surface area contributed by atoms with Crippen LogP contribution in [0.25, 0.3) is 0 Å². The molecule has 72 valence electrons. The van der Waals surface area contributed by atoms with Gasteiger partial charge in [-0.1, -0.05) is 12.1 Å². The van der Waals surface area contributed by atoms with Gasteiger partial charge in [-0.25, -0.2) is 0 Å². The molecule has 0 unspecified atom stereocenters. The fourth-order valence-corrected chi connectivity index (χ4v) is 1.29. The Morgan fingerprint density at radius 2 is 1.92 bits per heavy atom. The Morgan fingerprint density at radius 3 is 2.38 bits per heavy atom. The minimum atomic E-state index is 0.470. The molecule has 0 aliphatic heterocycles. The lowest BCUT2D eigenvalue weighted by Gasteiger charge is -2.05. The number of hydrogen-bond acceptors (Lipinski definition) is 1. The van der Waals surface area contributed by atoms with Crippen LogP contribution in [-0.4, -0.2) is 12.6 Å². The van der Waals surface area contributed by atoms with Gasteiger partial charge in [0, 0.05) is 6.42 Å². The van der Waals surface area contributed by atoms with E-state index in [9.17, 15) is 0 Å². The summed E-state index contributed by atoms with van der Waals surface area (Å²) in [6.07, 6.45) is 1.03. The van der Waals surface area contributed by atoms with Crippen LogP contribution in [0.5, 0.6) is 5.75 Å². The first-order chi connectivity index (χ1) is 6.22. The molecule has 2 nitrogen and oxygen atoms in total.